The number of rotatable bonds is 5. The molecular weight excluding hydrogens is 450 g/mol. The van der Waals surface area contributed by atoms with Gasteiger partial charge in [-0.05, 0) is 56.4 Å². The van der Waals surface area contributed by atoms with Crippen molar-refractivity contribution in [3.8, 4) is 11.3 Å². The molecule has 36 heavy (non-hydrogen) atoms. The highest BCUT2D eigenvalue weighted by Gasteiger charge is 2.31. The van der Waals surface area contributed by atoms with E-state index < -0.39 is 6.10 Å². The molecule has 1 aliphatic rings. The Labute approximate surface area is 210 Å². The van der Waals surface area contributed by atoms with E-state index in [2.05, 4.69) is 52.0 Å². The molecule has 0 spiro atoms. The Morgan fingerprint density at radius 3 is 2.53 bits per heavy atom. The number of ether oxygens (including phenoxy) is 1. The van der Waals surface area contributed by atoms with Gasteiger partial charge in [0.15, 0.2) is 0 Å². The number of fused-ring (bicyclic) bond motifs is 3. The Kier molecular flexibility index (Phi) is 5.82. The third-order valence-corrected chi connectivity index (χ3v) is 7.46. The lowest BCUT2D eigenvalue weighted by molar-refractivity contribution is 0.0552. The van der Waals surface area contributed by atoms with Gasteiger partial charge in [-0.15, -0.1) is 0 Å². The highest BCUT2D eigenvalue weighted by molar-refractivity contribution is 6.05. The molecule has 5 heterocycles. The second-order valence-corrected chi connectivity index (χ2v) is 9.84. The Hall–Kier alpha value is -3.55. The van der Waals surface area contributed by atoms with Crippen molar-refractivity contribution in [1.29, 1.82) is 0 Å². The number of aryl methyl sites for hydroxylation is 2. The van der Waals surface area contributed by atoms with E-state index in [1.165, 1.54) is 5.56 Å². The number of hydrogen-bond donors (Lipinski definition) is 1. The van der Waals surface area contributed by atoms with Gasteiger partial charge in [0.1, 0.15) is 5.65 Å². The highest BCUT2D eigenvalue weighted by atomic mass is 16.5. The summed E-state index contributed by atoms with van der Waals surface area (Å²) in [5.74, 6) is 0.388. The van der Waals surface area contributed by atoms with Crippen LogP contribution in [0.3, 0.4) is 0 Å². The van der Waals surface area contributed by atoms with Crippen molar-refractivity contribution in [2.45, 2.75) is 38.8 Å². The van der Waals surface area contributed by atoms with E-state index >= 15 is 0 Å². The van der Waals surface area contributed by atoms with E-state index in [0.29, 0.717) is 11.6 Å². The van der Waals surface area contributed by atoms with Gasteiger partial charge >= 0.3 is 0 Å². The maximum atomic E-state index is 10.4. The molecule has 0 saturated carbocycles. The standard InChI is InChI=1S/C29H31N5O2/c1-18-27(33(3)17-31-18)22-15-25-26(30-16-22)23-9-10-24(19(2)35)32-29(23)34(25)28(20-7-5-4-6-8-20)21-11-13-36-14-12-21/h4-10,15-17,19,21,28,35H,11-14H2,1-3H3/t19?,28-/m1/s1. The summed E-state index contributed by atoms with van der Waals surface area (Å²) in [6, 6.07) is 16.9. The fourth-order valence-corrected chi connectivity index (χ4v) is 5.71. The van der Waals surface area contributed by atoms with Crippen molar-refractivity contribution in [3.63, 3.8) is 0 Å². The maximum absolute atomic E-state index is 10.4. The Morgan fingerprint density at radius 2 is 1.83 bits per heavy atom. The van der Waals surface area contributed by atoms with Crippen LogP contribution in [0, 0.1) is 12.8 Å². The first-order valence-electron chi connectivity index (χ1n) is 12.6. The number of benzene rings is 1. The lowest BCUT2D eigenvalue weighted by atomic mass is 9.86. The number of aliphatic hydroxyl groups is 1. The zero-order valence-electron chi connectivity index (χ0n) is 20.9. The van der Waals surface area contributed by atoms with Crippen molar-refractivity contribution in [1.82, 2.24) is 24.1 Å². The van der Waals surface area contributed by atoms with Gasteiger partial charge in [0.25, 0.3) is 0 Å². The van der Waals surface area contributed by atoms with Crippen LogP contribution in [0.1, 0.15) is 48.9 Å². The molecule has 5 aromatic rings. The quantitative estimate of drug-likeness (QED) is 0.366. The third-order valence-electron chi connectivity index (χ3n) is 7.46. The summed E-state index contributed by atoms with van der Waals surface area (Å²) >= 11 is 0. The van der Waals surface area contributed by atoms with Crippen molar-refractivity contribution >= 4 is 22.1 Å². The van der Waals surface area contributed by atoms with Gasteiger partial charge < -0.3 is 19.0 Å². The second kappa shape index (κ2) is 9.15. The van der Waals surface area contributed by atoms with E-state index in [0.717, 1.165) is 65.1 Å². The molecule has 0 radical (unpaired) electrons. The van der Waals surface area contributed by atoms with Crippen molar-refractivity contribution in [2.24, 2.45) is 13.0 Å². The molecule has 1 fully saturated rings. The summed E-state index contributed by atoms with van der Waals surface area (Å²) in [4.78, 5) is 14.5. The van der Waals surface area contributed by atoms with Gasteiger partial charge in [0.05, 0.1) is 46.6 Å². The SMILES string of the molecule is Cc1ncn(C)c1-c1cnc2c3ccc(C(C)O)nc3n([C@H](c3ccccc3)C3CCOCC3)c2c1. The minimum Gasteiger partial charge on any atom is -0.387 e. The molecule has 0 bridgehead atoms. The van der Waals surface area contributed by atoms with Gasteiger partial charge in [-0.3, -0.25) is 4.98 Å². The summed E-state index contributed by atoms with van der Waals surface area (Å²) < 4.78 is 10.2. The third kappa shape index (κ3) is 3.79. The lowest BCUT2D eigenvalue weighted by Crippen LogP contribution is -2.27. The Bertz CT molecular complexity index is 1510. The first kappa shape index (κ1) is 22.9. The van der Waals surface area contributed by atoms with E-state index in [-0.39, 0.29) is 6.04 Å². The van der Waals surface area contributed by atoms with Gasteiger partial charge in [-0.25, -0.2) is 9.97 Å². The molecule has 1 aliphatic heterocycles. The molecule has 0 aliphatic carbocycles. The Morgan fingerprint density at radius 1 is 1.06 bits per heavy atom. The van der Waals surface area contributed by atoms with E-state index in [4.69, 9.17) is 14.7 Å². The normalized spacial score (nSPS) is 16.6. The molecular formula is C29H31N5O2. The summed E-state index contributed by atoms with van der Waals surface area (Å²) in [5, 5.41) is 11.4. The minimum atomic E-state index is -0.653. The fraction of sp³-hybridized carbons (Fsp3) is 0.345. The molecule has 1 unspecified atom stereocenters. The van der Waals surface area contributed by atoms with Crippen LogP contribution in [-0.4, -0.2) is 42.4 Å². The van der Waals surface area contributed by atoms with Crippen molar-refractivity contribution < 1.29 is 9.84 Å². The number of pyridine rings is 2. The van der Waals surface area contributed by atoms with Crippen molar-refractivity contribution in [3.05, 3.63) is 78.0 Å². The van der Waals surface area contributed by atoms with Crippen LogP contribution in [0.2, 0.25) is 0 Å². The van der Waals surface area contributed by atoms with Crippen molar-refractivity contribution in [2.75, 3.05) is 13.2 Å². The summed E-state index contributed by atoms with van der Waals surface area (Å²) in [6.07, 6.45) is 5.08. The van der Waals surface area contributed by atoms with Crippen LogP contribution in [-0.2, 0) is 11.8 Å². The lowest BCUT2D eigenvalue weighted by Gasteiger charge is -2.32. The average Bonchev–Trinajstić information content (AvgIpc) is 3.41. The monoisotopic (exact) mass is 481 g/mol. The predicted molar refractivity (Wildman–Crippen MR) is 141 cm³/mol. The predicted octanol–water partition coefficient (Wildman–Crippen LogP) is 5.36. The largest absolute Gasteiger partial charge is 0.387 e. The summed E-state index contributed by atoms with van der Waals surface area (Å²) in [7, 11) is 2.01. The fourth-order valence-electron chi connectivity index (χ4n) is 5.71. The molecule has 6 rings (SSSR count). The maximum Gasteiger partial charge on any atom is 0.143 e. The van der Waals surface area contributed by atoms with E-state index in [1.807, 2.05) is 37.1 Å². The molecule has 4 aromatic heterocycles. The molecule has 1 saturated heterocycles. The minimum absolute atomic E-state index is 0.0662. The molecule has 0 amide bonds. The van der Waals surface area contributed by atoms with Gasteiger partial charge in [0, 0.05) is 37.4 Å². The molecule has 7 nitrogen and oxygen atoms in total. The van der Waals surface area contributed by atoms with Gasteiger partial charge in [-0.2, -0.15) is 0 Å². The number of aliphatic hydroxyl groups excluding tert-OH is 1. The zero-order valence-corrected chi connectivity index (χ0v) is 20.9. The topological polar surface area (TPSA) is 78.0 Å². The van der Waals surface area contributed by atoms with Crippen LogP contribution in [0.5, 0.6) is 0 Å². The Balaban J connectivity index is 1.68. The van der Waals surface area contributed by atoms with Crippen LogP contribution < -0.4 is 0 Å². The molecule has 1 N–H and O–H groups in total. The van der Waals surface area contributed by atoms with Gasteiger partial charge in [0.2, 0.25) is 0 Å². The summed E-state index contributed by atoms with van der Waals surface area (Å²) in [5.41, 5.74) is 7.78. The van der Waals surface area contributed by atoms with Crippen LogP contribution >= 0.6 is 0 Å². The number of imidazole rings is 1. The zero-order chi connectivity index (χ0) is 24.8. The van der Waals surface area contributed by atoms with Crippen LogP contribution in [0.25, 0.3) is 33.3 Å². The summed E-state index contributed by atoms with van der Waals surface area (Å²) in [6.45, 7) is 5.31. The number of hydrogen-bond acceptors (Lipinski definition) is 5. The van der Waals surface area contributed by atoms with E-state index in [1.54, 1.807) is 6.92 Å². The smallest absolute Gasteiger partial charge is 0.143 e. The molecule has 184 valence electrons. The second-order valence-electron chi connectivity index (χ2n) is 9.84. The van der Waals surface area contributed by atoms with Crippen LogP contribution in [0.4, 0.5) is 0 Å². The van der Waals surface area contributed by atoms with Gasteiger partial charge in [-0.1, -0.05) is 30.3 Å². The van der Waals surface area contributed by atoms with E-state index in [9.17, 15) is 5.11 Å². The molecule has 2 atom stereocenters. The molecule has 1 aromatic carbocycles. The number of aromatic nitrogens is 5. The average molecular weight is 482 g/mol. The highest BCUT2D eigenvalue weighted by Crippen LogP contribution is 2.41. The first-order chi connectivity index (χ1) is 17.5. The first-order valence-corrected chi connectivity index (χ1v) is 12.6. The number of nitrogens with zero attached hydrogens (tertiary/aromatic N) is 5. The molecule has 7 heteroatoms. The van der Waals surface area contributed by atoms with Crippen LogP contribution in [0.15, 0.2) is 61.1 Å².